The Morgan fingerprint density at radius 2 is 1.96 bits per heavy atom. The molecular weight excluding hydrogens is 330 g/mol. The molecule has 0 radical (unpaired) electrons. The Morgan fingerprint density at radius 1 is 1.12 bits per heavy atom. The van der Waals surface area contributed by atoms with Crippen molar-refractivity contribution in [3.05, 3.63) is 53.6 Å². The van der Waals surface area contributed by atoms with Gasteiger partial charge in [0.25, 0.3) is 0 Å². The van der Waals surface area contributed by atoms with Gasteiger partial charge in [-0.05, 0) is 30.5 Å². The summed E-state index contributed by atoms with van der Waals surface area (Å²) in [6, 6.07) is 13.8. The molecule has 0 N–H and O–H groups in total. The molecule has 0 bridgehead atoms. The van der Waals surface area contributed by atoms with Crippen LogP contribution in [0.1, 0.15) is 17.5 Å². The highest BCUT2D eigenvalue weighted by molar-refractivity contribution is 5.80. The molecule has 0 saturated heterocycles. The van der Waals surface area contributed by atoms with Crippen LogP contribution in [0.4, 0.5) is 0 Å². The van der Waals surface area contributed by atoms with Gasteiger partial charge in [0.15, 0.2) is 11.5 Å². The number of carbonyl (C=O) groups excluding carboxylic acids is 1. The van der Waals surface area contributed by atoms with Crippen LogP contribution >= 0.6 is 0 Å². The predicted molar refractivity (Wildman–Crippen MR) is 97.7 cm³/mol. The van der Waals surface area contributed by atoms with Crippen molar-refractivity contribution < 1.29 is 19.0 Å². The van der Waals surface area contributed by atoms with Crippen LogP contribution in [0, 0.1) is 5.92 Å². The molecule has 2 aromatic carbocycles. The van der Waals surface area contributed by atoms with E-state index in [1.165, 1.54) is 0 Å². The van der Waals surface area contributed by atoms with Crippen molar-refractivity contribution in [2.24, 2.45) is 5.92 Å². The fourth-order valence-corrected chi connectivity index (χ4v) is 3.66. The van der Waals surface area contributed by atoms with Crippen LogP contribution in [0.2, 0.25) is 0 Å². The van der Waals surface area contributed by atoms with E-state index >= 15 is 0 Å². The molecule has 1 atom stereocenters. The van der Waals surface area contributed by atoms with Crippen LogP contribution < -0.4 is 14.2 Å². The summed E-state index contributed by atoms with van der Waals surface area (Å²) in [7, 11) is 1.64. The van der Waals surface area contributed by atoms with Crippen LogP contribution in [0.15, 0.2) is 42.5 Å². The van der Waals surface area contributed by atoms with Gasteiger partial charge in [0.1, 0.15) is 12.4 Å². The van der Waals surface area contributed by atoms with Gasteiger partial charge in [0.2, 0.25) is 5.91 Å². The Hall–Kier alpha value is -2.69. The summed E-state index contributed by atoms with van der Waals surface area (Å²) in [6.45, 7) is 2.23. The van der Waals surface area contributed by atoms with Crippen molar-refractivity contribution >= 4 is 5.91 Å². The fraction of sp³-hybridized carbons (Fsp3) is 0.381. The minimum atomic E-state index is -0.140. The zero-order chi connectivity index (χ0) is 17.9. The molecule has 2 aromatic rings. The molecule has 2 heterocycles. The van der Waals surface area contributed by atoms with Crippen molar-refractivity contribution in [3.8, 4) is 17.2 Å². The summed E-state index contributed by atoms with van der Waals surface area (Å²) in [5.41, 5.74) is 2.09. The maximum Gasteiger partial charge on any atom is 0.229 e. The molecule has 0 unspecified atom stereocenters. The normalized spacial score (nSPS) is 19.1. The Labute approximate surface area is 153 Å². The maximum absolute atomic E-state index is 13.2. The molecule has 1 amide bonds. The van der Waals surface area contributed by atoms with E-state index in [2.05, 4.69) is 0 Å². The molecule has 5 heteroatoms. The van der Waals surface area contributed by atoms with Gasteiger partial charge < -0.3 is 19.1 Å². The van der Waals surface area contributed by atoms with Gasteiger partial charge in [0, 0.05) is 18.7 Å². The summed E-state index contributed by atoms with van der Waals surface area (Å²) >= 11 is 0. The van der Waals surface area contributed by atoms with Crippen LogP contribution in [0.25, 0.3) is 0 Å². The Balaban J connectivity index is 1.54. The molecule has 4 rings (SSSR count). The monoisotopic (exact) mass is 353 g/mol. The zero-order valence-electron chi connectivity index (χ0n) is 14.9. The molecule has 0 saturated carbocycles. The fourth-order valence-electron chi connectivity index (χ4n) is 3.66. The van der Waals surface area contributed by atoms with Gasteiger partial charge in [-0.15, -0.1) is 0 Å². The van der Waals surface area contributed by atoms with E-state index in [1.54, 1.807) is 7.11 Å². The maximum atomic E-state index is 13.2. The number of fused-ring (bicyclic) bond motifs is 2. The Kier molecular flexibility index (Phi) is 4.69. The molecule has 5 nitrogen and oxygen atoms in total. The first kappa shape index (κ1) is 16.8. The first-order chi connectivity index (χ1) is 12.8. The molecule has 0 aliphatic carbocycles. The first-order valence-corrected chi connectivity index (χ1v) is 9.04. The SMILES string of the molecule is COc1cccc2c1OCCCN(C(=O)[C@@H]1COc3ccccc3C1)C2. The lowest BCUT2D eigenvalue weighted by Crippen LogP contribution is -2.41. The highest BCUT2D eigenvalue weighted by Crippen LogP contribution is 2.34. The third kappa shape index (κ3) is 3.21. The number of hydrogen-bond donors (Lipinski definition) is 0. The lowest BCUT2D eigenvalue weighted by molar-refractivity contribution is -0.137. The number of carbonyl (C=O) groups is 1. The third-order valence-corrected chi connectivity index (χ3v) is 5.00. The zero-order valence-corrected chi connectivity index (χ0v) is 14.9. The third-order valence-electron chi connectivity index (χ3n) is 5.00. The summed E-state index contributed by atoms with van der Waals surface area (Å²) in [5.74, 6) is 2.37. The van der Waals surface area contributed by atoms with Gasteiger partial charge in [-0.1, -0.05) is 30.3 Å². The minimum absolute atomic E-state index is 0.140. The summed E-state index contributed by atoms with van der Waals surface area (Å²) < 4.78 is 17.1. The number of amides is 1. The van der Waals surface area contributed by atoms with Crippen molar-refractivity contribution in [3.63, 3.8) is 0 Å². The molecule has 2 aliphatic heterocycles. The molecule has 0 aromatic heterocycles. The second-order valence-electron chi connectivity index (χ2n) is 6.73. The van der Waals surface area contributed by atoms with Gasteiger partial charge >= 0.3 is 0 Å². The van der Waals surface area contributed by atoms with E-state index in [0.717, 1.165) is 35.5 Å². The minimum Gasteiger partial charge on any atom is -0.493 e. The van der Waals surface area contributed by atoms with Gasteiger partial charge in [0.05, 0.1) is 19.6 Å². The number of ether oxygens (including phenoxy) is 3. The summed E-state index contributed by atoms with van der Waals surface area (Å²) in [5, 5.41) is 0. The number of nitrogens with zero attached hydrogens (tertiary/aromatic N) is 1. The topological polar surface area (TPSA) is 48.0 Å². The lowest BCUT2D eigenvalue weighted by atomic mass is 9.95. The van der Waals surface area contributed by atoms with Crippen molar-refractivity contribution in [1.29, 1.82) is 0 Å². The van der Waals surface area contributed by atoms with Crippen LogP contribution in [0.3, 0.4) is 0 Å². The van der Waals surface area contributed by atoms with Gasteiger partial charge in [-0.3, -0.25) is 4.79 Å². The van der Waals surface area contributed by atoms with Crippen molar-refractivity contribution in [1.82, 2.24) is 4.90 Å². The van der Waals surface area contributed by atoms with Crippen LogP contribution in [-0.2, 0) is 17.8 Å². The number of para-hydroxylation sites is 2. The Bertz CT molecular complexity index is 804. The van der Waals surface area contributed by atoms with Crippen LogP contribution in [0.5, 0.6) is 17.2 Å². The van der Waals surface area contributed by atoms with E-state index in [0.29, 0.717) is 32.1 Å². The molecule has 136 valence electrons. The largest absolute Gasteiger partial charge is 0.493 e. The van der Waals surface area contributed by atoms with E-state index < -0.39 is 0 Å². The van der Waals surface area contributed by atoms with Gasteiger partial charge in [-0.25, -0.2) is 0 Å². The summed E-state index contributed by atoms with van der Waals surface area (Å²) in [4.78, 5) is 15.1. The summed E-state index contributed by atoms with van der Waals surface area (Å²) in [6.07, 6.45) is 1.53. The number of methoxy groups -OCH3 is 1. The highest BCUT2D eigenvalue weighted by Gasteiger charge is 2.30. The average Bonchev–Trinajstić information content (AvgIpc) is 2.67. The molecule has 2 aliphatic rings. The smallest absolute Gasteiger partial charge is 0.229 e. The van der Waals surface area contributed by atoms with Crippen molar-refractivity contribution in [2.75, 3.05) is 26.9 Å². The predicted octanol–water partition coefficient (Wildman–Crippen LogP) is 3.06. The number of rotatable bonds is 2. The molecular formula is C21H23NO4. The van der Waals surface area contributed by atoms with E-state index in [1.807, 2.05) is 47.4 Å². The molecule has 0 spiro atoms. The second kappa shape index (κ2) is 7.28. The standard InChI is InChI=1S/C21H23NO4/c1-24-19-9-4-7-16-13-22(10-5-11-25-20(16)19)21(23)17-12-15-6-2-3-8-18(15)26-14-17/h2-4,6-9,17H,5,10-14H2,1H3/t17-/m0/s1. The van der Waals surface area contributed by atoms with E-state index in [9.17, 15) is 4.79 Å². The molecule has 26 heavy (non-hydrogen) atoms. The average molecular weight is 353 g/mol. The van der Waals surface area contributed by atoms with E-state index in [4.69, 9.17) is 14.2 Å². The second-order valence-corrected chi connectivity index (χ2v) is 6.73. The van der Waals surface area contributed by atoms with Crippen molar-refractivity contribution in [2.45, 2.75) is 19.4 Å². The quantitative estimate of drug-likeness (QED) is 0.833. The van der Waals surface area contributed by atoms with Crippen LogP contribution in [-0.4, -0.2) is 37.7 Å². The Morgan fingerprint density at radius 3 is 2.85 bits per heavy atom. The number of benzene rings is 2. The lowest BCUT2D eigenvalue weighted by Gasteiger charge is -2.32. The highest BCUT2D eigenvalue weighted by atomic mass is 16.5. The van der Waals surface area contributed by atoms with E-state index in [-0.39, 0.29) is 11.8 Å². The number of hydrogen-bond acceptors (Lipinski definition) is 4. The first-order valence-electron chi connectivity index (χ1n) is 9.04. The molecule has 0 fully saturated rings. The van der Waals surface area contributed by atoms with Gasteiger partial charge in [-0.2, -0.15) is 0 Å².